The molecule has 9 heteroatoms. The fraction of sp³-hybridized carbons (Fsp3) is 0.577. The lowest BCUT2D eigenvalue weighted by Crippen LogP contribution is -2.51. The Hall–Kier alpha value is -2.75. The zero-order valence-electron chi connectivity index (χ0n) is 21.3. The molecule has 7 rings (SSSR count). The number of nitrogens with zero attached hydrogens (tertiary/aromatic N) is 6. The quantitative estimate of drug-likeness (QED) is 0.555. The number of aromatic nitrogens is 4. The minimum absolute atomic E-state index is 0.281. The van der Waals surface area contributed by atoms with E-state index >= 15 is 0 Å². The van der Waals surface area contributed by atoms with Gasteiger partial charge >= 0.3 is 6.01 Å². The number of likely N-dealkylation sites (tertiary alicyclic amines) is 1. The first-order chi connectivity index (χ1) is 17.5. The van der Waals surface area contributed by atoms with Gasteiger partial charge in [0.15, 0.2) is 5.82 Å². The maximum Gasteiger partial charge on any atom is 0.320 e. The number of hydrogen-bond acceptors (Lipinski definition) is 8. The molecule has 4 aliphatic heterocycles. The summed E-state index contributed by atoms with van der Waals surface area (Å²) in [6.07, 6.45) is 5.33. The van der Waals surface area contributed by atoms with Gasteiger partial charge in [0.2, 0.25) is 0 Å². The summed E-state index contributed by atoms with van der Waals surface area (Å²) in [6.45, 7) is 6.70. The van der Waals surface area contributed by atoms with E-state index in [1.54, 1.807) is 7.11 Å². The third-order valence-electron chi connectivity index (χ3n) is 8.15. The lowest BCUT2D eigenvalue weighted by atomic mass is 9.85. The van der Waals surface area contributed by atoms with E-state index in [0.717, 1.165) is 62.2 Å². The van der Waals surface area contributed by atoms with Crippen LogP contribution in [0.4, 0.5) is 5.82 Å². The van der Waals surface area contributed by atoms with E-state index in [4.69, 9.17) is 20.7 Å². The fourth-order valence-corrected chi connectivity index (χ4v) is 6.14. The minimum atomic E-state index is -0.521. The van der Waals surface area contributed by atoms with Crippen LogP contribution >= 0.6 is 0 Å². The molecule has 184 valence electrons. The Balaban J connectivity index is 1.21. The highest BCUT2D eigenvalue weighted by molar-refractivity contribution is 5.82. The van der Waals surface area contributed by atoms with Gasteiger partial charge in [0.1, 0.15) is 5.82 Å². The number of aryl methyl sites for hydroxylation is 1. The molecule has 4 saturated heterocycles. The lowest BCUT2D eigenvalue weighted by molar-refractivity contribution is -0.0712. The number of ether oxygens (including phenoxy) is 3. The van der Waals surface area contributed by atoms with E-state index in [9.17, 15) is 0 Å². The van der Waals surface area contributed by atoms with Crippen molar-refractivity contribution in [3.8, 4) is 11.8 Å². The van der Waals surface area contributed by atoms with Crippen molar-refractivity contribution in [2.45, 2.75) is 50.3 Å². The van der Waals surface area contributed by atoms with Crippen molar-refractivity contribution in [2.75, 3.05) is 51.5 Å². The Bertz CT molecular complexity index is 1300. The molecule has 6 heterocycles. The topological polar surface area (TPSA) is 77.8 Å². The second kappa shape index (κ2) is 8.43. The normalized spacial score (nSPS) is 26.8. The Morgan fingerprint density at radius 1 is 1.09 bits per heavy atom. The first-order valence-electron chi connectivity index (χ1n) is 13.1. The average molecular weight is 478 g/mol. The molecule has 1 aromatic carbocycles. The number of methoxy groups -OCH3 is 1. The summed E-state index contributed by atoms with van der Waals surface area (Å²) < 4.78 is 27.1. The molecule has 3 aromatic rings. The zero-order valence-corrected chi connectivity index (χ0v) is 20.3. The van der Waals surface area contributed by atoms with Crippen LogP contribution in [0.2, 0.25) is 0 Å². The summed E-state index contributed by atoms with van der Waals surface area (Å²) in [4.78, 5) is 13.9. The molecule has 0 amide bonds. The van der Waals surface area contributed by atoms with Gasteiger partial charge in [0, 0.05) is 18.0 Å². The van der Waals surface area contributed by atoms with Crippen molar-refractivity contribution in [1.29, 1.82) is 0 Å². The van der Waals surface area contributed by atoms with Crippen LogP contribution in [0.25, 0.3) is 16.7 Å². The fourth-order valence-electron chi connectivity index (χ4n) is 6.14. The van der Waals surface area contributed by atoms with Gasteiger partial charge < -0.3 is 19.1 Å². The molecule has 35 heavy (non-hydrogen) atoms. The Morgan fingerprint density at radius 3 is 2.60 bits per heavy atom. The number of fused-ring (bicyclic) bond motifs is 3. The second-order valence-corrected chi connectivity index (χ2v) is 10.2. The summed E-state index contributed by atoms with van der Waals surface area (Å²) in [5.74, 6) is 2.04. The third-order valence-corrected chi connectivity index (χ3v) is 8.15. The van der Waals surface area contributed by atoms with E-state index < -0.39 is 6.02 Å². The van der Waals surface area contributed by atoms with Gasteiger partial charge in [-0.05, 0) is 68.5 Å². The second-order valence-electron chi connectivity index (χ2n) is 10.2. The Kier molecular flexibility index (Phi) is 4.92. The van der Waals surface area contributed by atoms with E-state index in [-0.39, 0.29) is 6.10 Å². The van der Waals surface area contributed by atoms with Gasteiger partial charge in [-0.1, -0.05) is 0 Å². The zero-order chi connectivity index (χ0) is 24.4. The summed E-state index contributed by atoms with van der Waals surface area (Å²) in [6, 6.07) is 6.73. The van der Waals surface area contributed by atoms with Gasteiger partial charge in [-0.15, -0.1) is 0 Å². The molecule has 9 nitrogen and oxygen atoms in total. The lowest BCUT2D eigenvalue weighted by Gasteiger charge is -2.41. The first-order valence-corrected chi connectivity index (χ1v) is 12.6. The molecule has 2 atom stereocenters. The van der Waals surface area contributed by atoms with Crippen LogP contribution in [0.15, 0.2) is 24.4 Å². The van der Waals surface area contributed by atoms with Gasteiger partial charge in [0.25, 0.3) is 0 Å². The van der Waals surface area contributed by atoms with Gasteiger partial charge in [-0.25, -0.2) is 4.68 Å². The predicted octanol–water partition coefficient (Wildman–Crippen LogP) is 2.69. The van der Waals surface area contributed by atoms with Gasteiger partial charge in [0.05, 0.1) is 58.2 Å². The van der Waals surface area contributed by atoms with Crippen molar-refractivity contribution >= 4 is 16.7 Å². The molecule has 0 N–H and O–H groups in total. The molecular weight excluding hydrogens is 444 g/mol. The first kappa shape index (κ1) is 20.4. The van der Waals surface area contributed by atoms with Crippen LogP contribution in [0.1, 0.15) is 37.7 Å². The highest BCUT2D eigenvalue weighted by atomic mass is 16.5. The van der Waals surface area contributed by atoms with Crippen LogP contribution in [0.5, 0.6) is 6.01 Å². The van der Waals surface area contributed by atoms with Gasteiger partial charge in [-0.2, -0.15) is 15.1 Å². The number of hydrogen-bond donors (Lipinski definition) is 0. The molecule has 0 aliphatic carbocycles. The molecule has 4 aliphatic rings. The van der Waals surface area contributed by atoms with Crippen LogP contribution in [0, 0.1) is 6.92 Å². The highest BCUT2D eigenvalue weighted by Crippen LogP contribution is 2.36. The van der Waals surface area contributed by atoms with Crippen LogP contribution in [-0.4, -0.2) is 89.4 Å². The largest absolute Gasteiger partial charge is 0.467 e. The molecule has 0 saturated carbocycles. The third kappa shape index (κ3) is 3.68. The van der Waals surface area contributed by atoms with E-state index in [1.165, 1.54) is 11.1 Å². The van der Waals surface area contributed by atoms with Crippen molar-refractivity contribution in [1.82, 2.24) is 24.6 Å². The van der Waals surface area contributed by atoms with Crippen molar-refractivity contribution in [3.05, 3.63) is 35.5 Å². The maximum atomic E-state index is 8.58. The van der Waals surface area contributed by atoms with E-state index in [1.807, 2.05) is 16.9 Å². The molecule has 2 bridgehead atoms. The smallest absolute Gasteiger partial charge is 0.320 e. The average Bonchev–Trinajstić information content (AvgIpc) is 3.62. The van der Waals surface area contributed by atoms with Crippen LogP contribution in [0.3, 0.4) is 0 Å². The number of morpholine rings is 1. The Morgan fingerprint density at radius 2 is 1.91 bits per heavy atom. The number of anilines is 1. The predicted molar refractivity (Wildman–Crippen MR) is 132 cm³/mol. The standard InChI is InChI=1S/C26H32N6O3/c1-16-7-18-11-27-32(23(18)9-22(16)17-3-5-30(6-4-17)20-13-34-14-20)25-10-24(28-26(29-25)33-2)31-12-21-8-19(31)15-35-21/h7,9-11,17,19-21H,3-6,8,12-15H2,1-2H3/i20D. The highest BCUT2D eigenvalue weighted by Gasteiger charge is 2.40. The van der Waals surface area contributed by atoms with Crippen LogP contribution < -0.4 is 9.64 Å². The van der Waals surface area contributed by atoms with Crippen molar-refractivity contribution < 1.29 is 15.6 Å². The summed E-state index contributed by atoms with van der Waals surface area (Å²) in [5.41, 5.74) is 3.70. The molecule has 2 aromatic heterocycles. The number of piperidine rings is 1. The van der Waals surface area contributed by atoms with Crippen LogP contribution in [-0.2, 0) is 9.47 Å². The molecule has 2 unspecified atom stereocenters. The number of benzene rings is 1. The maximum absolute atomic E-state index is 8.58. The van der Waals surface area contributed by atoms with Crippen molar-refractivity contribution in [3.63, 3.8) is 0 Å². The molecule has 4 fully saturated rings. The summed E-state index contributed by atoms with van der Waals surface area (Å²) >= 11 is 0. The molecule has 0 radical (unpaired) electrons. The van der Waals surface area contributed by atoms with Gasteiger partial charge in [-0.3, -0.25) is 4.90 Å². The minimum Gasteiger partial charge on any atom is -0.467 e. The summed E-state index contributed by atoms with van der Waals surface area (Å²) in [5, 5.41) is 5.82. The van der Waals surface area contributed by atoms with E-state index in [2.05, 4.69) is 38.8 Å². The van der Waals surface area contributed by atoms with Crippen molar-refractivity contribution in [2.24, 2.45) is 0 Å². The monoisotopic (exact) mass is 477 g/mol. The van der Waals surface area contributed by atoms with E-state index in [0.29, 0.717) is 37.0 Å². The number of rotatable bonds is 5. The molecule has 0 spiro atoms. The summed E-state index contributed by atoms with van der Waals surface area (Å²) in [7, 11) is 1.61. The Labute approximate surface area is 206 Å². The molecular formula is C26H32N6O3. The SMILES string of the molecule is [2H]C1(N2CCC(c3cc4c(cnn4-c4cc(N5CC6CC5CO6)nc(OC)n4)cc3C)CC2)COC1.